The summed E-state index contributed by atoms with van der Waals surface area (Å²) in [7, 11) is -0.663. The molecule has 1 fully saturated rings. The van der Waals surface area contributed by atoms with Gasteiger partial charge in [0, 0.05) is 11.0 Å². The first-order chi connectivity index (χ1) is 8.64. The monoisotopic (exact) mass is 262 g/mol. The summed E-state index contributed by atoms with van der Waals surface area (Å²) in [6.07, 6.45) is 0. The number of Topliss-reactive ketones (excluding diaryl/α,β-unsaturated/α-hetero) is 1. The highest BCUT2D eigenvalue weighted by atomic mass is 16.7. The number of carbonyl (C=O) groups is 1. The summed E-state index contributed by atoms with van der Waals surface area (Å²) in [6.45, 7) is 9.26. The maximum absolute atomic E-state index is 11.4. The van der Waals surface area contributed by atoms with Crippen LogP contribution in [0.4, 0.5) is 0 Å². The quantitative estimate of drug-likeness (QED) is 0.653. The highest BCUT2D eigenvalue weighted by Crippen LogP contribution is 2.37. The maximum Gasteiger partial charge on any atom is 0.498 e. The van der Waals surface area contributed by atoms with E-state index in [9.17, 15) is 9.90 Å². The first kappa shape index (κ1) is 14.1. The average Bonchev–Trinajstić information content (AvgIpc) is 2.48. The van der Waals surface area contributed by atoms with Gasteiger partial charge in [-0.25, -0.2) is 0 Å². The highest BCUT2D eigenvalue weighted by Gasteiger charge is 2.52. The Morgan fingerprint density at radius 2 is 1.68 bits per heavy atom. The van der Waals surface area contributed by atoms with Gasteiger partial charge in [-0.05, 0) is 52.8 Å². The second kappa shape index (κ2) is 4.35. The second-order valence-corrected chi connectivity index (χ2v) is 5.92. The molecule has 0 radical (unpaired) electrons. The van der Waals surface area contributed by atoms with E-state index in [0.29, 0.717) is 11.0 Å². The highest BCUT2D eigenvalue weighted by molar-refractivity contribution is 6.63. The van der Waals surface area contributed by atoms with Gasteiger partial charge in [0.25, 0.3) is 0 Å². The lowest BCUT2D eigenvalue weighted by Gasteiger charge is -2.32. The minimum Gasteiger partial charge on any atom is -0.508 e. The van der Waals surface area contributed by atoms with Crippen LogP contribution < -0.4 is 5.46 Å². The fraction of sp³-hybridized carbons (Fsp3) is 0.500. The number of phenols is 1. The van der Waals surface area contributed by atoms with Crippen LogP contribution in [0.25, 0.3) is 0 Å². The summed E-state index contributed by atoms with van der Waals surface area (Å²) >= 11 is 0. The molecule has 0 atom stereocenters. The number of carbonyl (C=O) groups excluding carboxylic acids is 1. The zero-order valence-electron chi connectivity index (χ0n) is 12.0. The van der Waals surface area contributed by atoms with Crippen LogP contribution in [0.3, 0.4) is 0 Å². The van der Waals surface area contributed by atoms with E-state index in [1.807, 2.05) is 27.7 Å². The van der Waals surface area contributed by atoms with Gasteiger partial charge in [0.15, 0.2) is 5.78 Å². The first-order valence-corrected chi connectivity index (χ1v) is 6.33. The summed E-state index contributed by atoms with van der Waals surface area (Å²) in [5.41, 5.74) is 0.0704. The Morgan fingerprint density at radius 1 is 1.16 bits per heavy atom. The molecule has 1 aromatic rings. The maximum atomic E-state index is 11.4. The van der Waals surface area contributed by atoms with Crippen LogP contribution in [0.15, 0.2) is 18.2 Å². The predicted octanol–water partition coefficient (Wildman–Crippen LogP) is 1.89. The van der Waals surface area contributed by atoms with Crippen molar-refractivity contribution in [1.29, 1.82) is 0 Å². The third-order valence-corrected chi connectivity index (χ3v) is 3.94. The molecule has 0 aromatic heterocycles. The summed E-state index contributed by atoms with van der Waals surface area (Å²) < 4.78 is 11.7. The second-order valence-electron chi connectivity index (χ2n) is 5.92. The molecule has 1 aliphatic rings. The molecular weight excluding hydrogens is 243 g/mol. The van der Waals surface area contributed by atoms with Crippen LogP contribution in [0, 0.1) is 0 Å². The summed E-state index contributed by atoms with van der Waals surface area (Å²) in [6, 6.07) is 4.71. The number of ketones is 1. The van der Waals surface area contributed by atoms with Crippen molar-refractivity contribution in [2.45, 2.75) is 45.8 Å². The average molecular weight is 262 g/mol. The van der Waals surface area contributed by atoms with Crippen molar-refractivity contribution in [1.82, 2.24) is 0 Å². The predicted molar refractivity (Wildman–Crippen MR) is 73.8 cm³/mol. The molecule has 2 rings (SSSR count). The molecule has 102 valence electrons. The lowest BCUT2D eigenvalue weighted by atomic mass is 9.77. The standard InChI is InChI=1S/C14H19BO4/c1-9(16)10-6-7-12(17)11(8-10)15-18-13(2,3)14(4,5)19-15/h6-8,17H,1-5H3. The zero-order chi connectivity index (χ0) is 14.4. The minimum absolute atomic E-state index is 0.0576. The van der Waals surface area contributed by atoms with E-state index in [1.165, 1.54) is 13.0 Å². The lowest BCUT2D eigenvalue weighted by Crippen LogP contribution is -2.41. The van der Waals surface area contributed by atoms with E-state index >= 15 is 0 Å². The molecule has 1 aliphatic heterocycles. The van der Waals surface area contributed by atoms with Crippen molar-refractivity contribution in [2.24, 2.45) is 0 Å². The van der Waals surface area contributed by atoms with Crippen LogP contribution in [-0.4, -0.2) is 29.2 Å². The van der Waals surface area contributed by atoms with E-state index in [-0.39, 0.29) is 11.5 Å². The van der Waals surface area contributed by atoms with Crippen LogP contribution >= 0.6 is 0 Å². The van der Waals surface area contributed by atoms with Gasteiger partial charge >= 0.3 is 7.12 Å². The van der Waals surface area contributed by atoms with Gasteiger partial charge in [-0.2, -0.15) is 0 Å². The number of hydrogen-bond donors (Lipinski definition) is 1. The molecule has 0 aliphatic carbocycles. The third-order valence-electron chi connectivity index (χ3n) is 3.94. The Hall–Kier alpha value is -1.33. The summed E-state index contributed by atoms with van der Waals surface area (Å²) in [5.74, 6) is 0.0151. The molecule has 1 heterocycles. The number of hydrogen-bond acceptors (Lipinski definition) is 4. The summed E-state index contributed by atoms with van der Waals surface area (Å²) in [4.78, 5) is 11.4. The van der Waals surface area contributed by atoms with Gasteiger partial charge in [-0.1, -0.05) is 0 Å². The summed E-state index contributed by atoms with van der Waals surface area (Å²) in [5, 5.41) is 9.95. The molecule has 5 heteroatoms. The molecule has 1 aromatic carbocycles. The van der Waals surface area contributed by atoms with Gasteiger partial charge in [0.2, 0.25) is 0 Å². The zero-order valence-corrected chi connectivity index (χ0v) is 12.0. The largest absolute Gasteiger partial charge is 0.508 e. The number of rotatable bonds is 2. The van der Waals surface area contributed by atoms with Crippen molar-refractivity contribution in [3.8, 4) is 5.75 Å². The van der Waals surface area contributed by atoms with E-state index in [4.69, 9.17) is 9.31 Å². The molecule has 0 amide bonds. The molecule has 0 spiro atoms. The smallest absolute Gasteiger partial charge is 0.498 e. The van der Waals surface area contributed by atoms with Gasteiger partial charge < -0.3 is 14.4 Å². The SMILES string of the molecule is CC(=O)c1ccc(O)c(B2OC(C)(C)C(C)(C)O2)c1. The van der Waals surface area contributed by atoms with Crippen LogP contribution in [0.5, 0.6) is 5.75 Å². The first-order valence-electron chi connectivity index (χ1n) is 6.33. The molecule has 0 bridgehead atoms. The van der Waals surface area contributed by atoms with Crippen molar-refractivity contribution in [2.75, 3.05) is 0 Å². The van der Waals surface area contributed by atoms with Gasteiger partial charge in [0.05, 0.1) is 11.2 Å². The fourth-order valence-electron chi connectivity index (χ4n) is 1.93. The van der Waals surface area contributed by atoms with Crippen molar-refractivity contribution in [3.63, 3.8) is 0 Å². The van der Waals surface area contributed by atoms with Crippen LogP contribution in [-0.2, 0) is 9.31 Å². The van der Waals surface area contributed by atoms with E-state index in [1.54, 1.807) is 12.1 Å². The topological polar surface area (TPSA) is 55.8 Å². The molecule has 19 heavy (non-hydrogen) atoms. The molecular formula is C14H19BO4. The van der Waals surface area contributed by atoms with Gasteiger partial charge in [0.1, 0.15) is 5.75 Å². The van der Waals surface area contributed by atoms with E-state index in [2.05, 4.69) is 0 Å². The Balaban J connectivity index is 2.39. The van der Waals surface area contributed by atoms with Crippen molar-refractivity contribution >= 4 is 18.4 Å². The third kappa shape index (κ3) is 2.40. The van der Waals surface area contributed by atoms with Gasteiger partial charge in [-0.3, -0.25) is 4.79 Å². The van der Waals surface area contributed by atoms with Crippen LogP contribution in [0.1, 0.15) is 45.0 Å². The molecule has 0 unspecified atom stereocenters. The number of aromatic hydroxyl groups is 1. The van der Waals surface area contributed by atoms with Crippen LogP contribution in [0.2, 0.25) is 0 Å². The Kier molecular flexibility index (Phi) is 3.23. The molecule has 4 nitrogen and oxygen atoms in total. The van der Waals surface area contributed by atoms with Crippen molar-refractivity contribution < 1.29 is 19.2 Å². The molecule has 1 saturated heterocycles. The minimum atomic E-state index is -0.663. The van der Waals surface area contributed by atoms with Gasteiger partial charge in [-0.15, -0.1) is 0 Å². The normalized spacial score (nSPS) is 20.6. The van der Waals surface area contributed by atoms with Crippen molar-refractivity contribution in [3.05, 3.63) is 23.8 Å². The number of benzene rings is 1. The Morgan fingerprint density at radius 3 is 2.16 bits per heavy atom. The van der Waals surface area contributed by atoms with E-state index < -0.39 is 18.3 Å². The molecule has 1 N–H and O–H groups in total. The van der Waals surface area contributed by atoms with E-state index in [0.717, 1.165) is 0 Å². The Labute approximate surface area is 113 Å². The Bertz CT molecular complexity index is 506. The lowest BCUT2D eigenvalue weighted by molar-refractivity contribution is 0.00578. The number of phenolic OH excluding ortho intramolecular Hbond substituents is 1. The fourth-order valence-corrected chi connectivity index (χ4v) is 1.93. The molecule has 0 saturated carbocycles.